The number of benzene rings is 5. The summed E-state index contributed by atoms with van der Waals surface area (Å²) in [5, 5.41) is 12.9. The van der Waals surface area contributed by atoms with Gasteiger partial charge in [-0.15, -0.1) is 0 Å². The smallest absolute Gasteiger partial charge is 0.238 e. The maximum Gasteiger partial charge on any atom is 0.238 e. The van der Waals surface area contributed by atoms with Crippen LogP contribution in [0.15, 0.2) is 140 Å². The number of rotatable bonds is 4. The lowest BCUT2D eigenvalue weighted by Crippen LogP contribution is -2.07. The minimum absolute atomic E-state index is 0.553. The lowest BCUT2D eigenvalue weighted by atomic mass is 10.1. The molecule has 4 heterocycles. The quantitative estimate of drug-likeness (QED) is 0.215. The van der Waals surface area contributed by atoms with Crippen molar-refractivity contribution in [2.45, 2.75) is 0 Å². The van der Waals surface area contributed by atoms with Gasteiger partial charge in [-0.2, -0.15) is 20.2 Å². The van der Waals surface area contributed by atoms with E-state index >= 15 is 0 Å². The predicted molar refractivity (Wildman–Crippen MR) is 175 cm³/mol. The summed E-state index contributed by atoms with van der Waals surface area (Å²) in [6.45, 7) is 0. The lowest BCUT2D eigenvalue weighted by molar-refractivity contribution is 0.953. The molecule has 0 bridgehead atoms. The van der Waals surface area contributed by atoms with Crippen molar-refractivity contribution in [2.75, 3.05) is 0 Å². The van der Waals surface area contributed by atoms with Gasteiger partial charge in [0.25, 0.3) is 0 Å². The van der Waals surface area contributed by atoms with Crippen LogP contribution in [0.2, 0.25) is 0 Å². The Morgan fingerprint density at radius 3 is 1.61 bits per heavy atom. The van der Waals surface area contributed by atoms with Crippen molar-refractivity contribution in [1.29, 1.82) is 0 Å². The van der Waals surface area contributed by atoms with Crippen LogP contribution in [-0.2, 0) is 0 Å². The summed E-state index contributed by atoms with van der Waals surface area (Å²) < 4.78 is 4.46. The highest BCUT2D eigenvalue weighted by molar-refractivity contribution is 6.23. The van der Waals surface area contributed by atoms with Gasteiger partial charge in [-0.25, -0.2) is 4.98 Å². The Balaban J connectivity index is 1.48. The Kier molecular flexibility index (Phi) is 5.36. The SMILES string of the molecule is c1ccc(-c2nc(-c3ccccc3)nc(-n3c4ccccc4c4ccc5c6cnncc6n(-c6ccccc6)c5c43)n2)cc1. The first-order valence-corrected chi connectivity index (χ1v) is 14.4. The molecular formula is C37H23N7. The Morgan fingerprint density at radius 1 is 0.386 bits per heavy atom. The molecule has 0 aliphatic carbocycles. The second-order valence-electron chi connectivity index (χ2n) is 10.7. The van der Waals surface area contributed by atoms with E-state index in [4.69, 9.17) is 15.0 Å². The summed E-state index contributed by atoms with van der Waals surface area (Å²) in [5.41, 5.74) is 6.93. The lowest BCUT2D eigenvalue weighted by Gasteiger charge is -2.13. The highest BCUT2D eigenvalue weighted by atomic mass is 15.2. The van der Waals surface area contributed by atoms with E-state index in [0.717, 1.165) is 60.4 Å². The van der Waals surface area contributed by atoms with Crippen molar-refractivity contribution in [3.05, 3.63) is 140 Å². The molecule has 0 unspecified atom stereocenters. The van der Waals surface area contributed by atoms with Gasteiger partial charge in [0.1, 0.15) is 0 Å². The molecule has 0 fully saturated rings. The highest BCUT2D eigenvalue weighted by Crippen LogP contribution is 2.41. The van der Waals surface area contributed by atoms with Crippen molar-refractivity contribution < 1.29 is 0 Å². The molecule has 5 aromatic carbocycles. The molecule has 4 aromatic heterocycles. The first kappa shape index (κ1) is 24.4. The van der Waals surface area contributed by atoms with Crippen molar-refractivity contribution in [3.63, 3.8) is 0 Å². The van der Waals surface area contributed by atoms with Crippen molar-refractivity contribution >= 4 is 43.6 Å². The van der Waals surface area contributed by atoms with E-state index in [2.05, 4.69) is 80.0 Å². The molecule has 0 aliphatic heterocycles. The molecule has 0 saturated heterocycles. The fourth-order valence-corrected chi connectivity index (χ4v) is 6.26. The average Bonchev–Trinajstić information content (AvgIpc) is 3.62. The Labute approximate surface area is 251 Å². The van der Waals surface area contributed by atoms with Gasteiger partial charge >= 0.3 is 0 Å². The molecule has 0 aliphatic rings. The summed E-state index contributed by atoms with van der Waals surface area (Å²) in [7, 11) is 0. The van der Waals surface area contributed by atoms with Crippen molar-refractivity contribution in [1.82, 2.24) is 34.3 Å². The van der Waals surface area contributed by atoms with Crippen LogP contribution in [-0.4, -0.2) is 34.3 Å². The first-order valence-electron chi connectivity index (χ1n) is 14.4. The van der Waals surface area contributed by atoms with Crippen molar-refractivity contribution in [3.8, 4) is 34.4 Å². The van der Waals surface area contributed by atoms with Crippen LogP contribution < -0.4 is 0 Å². The van der Waals surface area contributed by atoms with Crippen LogP contribution in [0.3, 0.4) is 0 Å². The second kappa shape index (κ2) is 9.68. The maximum atomic E-state index is 5.14. The van der Waals surface area contributed by atoms with E-state index in [1.807, 2.05) is 79.1 Å². The highest BCUT2D eigenvalue weighted by Gasteiger charge is 2.23. The Bertz CT molecular complexity index is 2420. The molecule has 9 aromatic rings. The van der Waals surface area contributed by atoms with Crippen LogP contribution in [0.4, 0.5) is 0 Å². The molecule has 0 amide bonds. The molecule has 7 nitrogen and oxygen atoms in total. The maximum absolute atomic E-state index is 5.14. The molecule has 0 saturated carbocycles. The zero-order chi connectivity index (χ0) is 29.0. The van der Waals surface area contributed by atoms with Gasteiger partial charge in [0, 0.05) is 38.4 Å². The third-order valence-electron chi connectivity index (χ3n) is 8.18. The molecule has 0 spiro atoms. The molecule has 206 valence electrons. The van der Waals surface area contributed by atoms with E-state index in [-0.39, 0.29) is 0 Å². The summed E-state index contributed by atoms with van der Waals surface area (Å²) >= 11 is 0. The van der Waals surface area contributed by atoms with Gasteiger partial charge in [-0.1, -0.05) is 109 Å². The minimum atomic E-state index is 0.553. The largest absolute Gasteiger partial charge is 0.305 e. The van der Waals surface area contributed by atoms with E-state index in [1.54, 1.807) is 0 Å². The van der Waals surface area contributed by atoms with Gasteiger partial charge < -0.3 is 4.57 Å². The monoisotopic (exact) mass is 565 g/mol. The summed E-state index contributed by atoms with van der Waals surface area (Å²) in [5.74, 6) is 1.78. The standard InChI is InChI=1S/C37H23N7/c1-4-12-24(13-5-1)35-40-36(25-14-6-2-7-15-25)42-37(41-35)44-31-19-11-10-18-27(31)28-20-21-29-30-22-38-39-23-32(30)43(33(29)34(28)44)26-16-8-3-9-17-26/h1-23H. The van der Waals surface area contributed by atoms with Crippen LogP contribution in [0, 0.1) is 0 Å². The minimum Gasteiger partial charge on any atom is -0.305 e. The number of para-hydroxylation sites is 2. The van der Waals surface area contributed by atoms with Crippen LogP contribution in [0.5, 0.6) is 0 Å². The van der Waals surface area contributed by atoms with Crippen LogP contribution >= 0.6 is 0 Å². The van der Waals surface area contributed by atoms with Crippen LogP contribution in [0.25, 0.3) is 78.0 Å². The Morgan fingerprint density at radius 2 is 0.932 bits per heavy atom. The zero-order valence-electron chi connectivity index (χ0n) is 23.4. The fraction of sp³-hybridized carbons (Fsp3) is 0. The van der Waals surface area contributed by atoms with E-state index in [1.165, 1.54) is 0 Å². The second-order valence-corrected chi connectivity index (χ2v) is 10.7. The zero-order valence-corrected chi connectivity index (χ0v) is 23.4. The van der Waals surface area contributed by atoms with Crippen LogP contribution in [0.1, 0.15) is 0 Å². The average molecular weight is 566 g/mol. The molecular weight excluding hydrogens is 542 g/mol. The van der Waals surface area contributed by atoms with Gasteiger partial charge in [-0.3, -0.25) is 4.57 Å². The van der Waals surface area contributed by atoms with E-state index in [0.29, 0.717) is 17.6 Å². The molecule has 7 heteroatoms. The normalized spacial score (nSPS) is 11.6. The topological polar surface area (TPSA) is 74.3 Å². The third-order valence-corrected chi connectivity index (χ3v) is 8.18. The molecule has 0 atom stereocenters. The molecule has 9 rings (SSSR count). The van der Waals surface area contributed by atoms with E-state index < -0.39 is 0 Å². The number of nitrogens with zero attached hydrogens (tertiary/aromatic N) is 7. The van der Waals surface area contributed by atoms with Gasteiger partial charge in [0.05, 0.1) is 34.5 Å². The molecule has 44 heavy (non-hydrogen) atoms. The predicted octanol–water partition coefficient (Wildman–Crippen LogP) is 8.19. The molecule has 0 radical (unpaired) electrons. The van der Waals surface area contributed by atoms with Gasteiger partial charge in [0.2, 0.25) is 5.95 Å². The van der Waals surface area contributed by atoms with E-state index in [9.17, 15) is 0 Å². The number of hydrogen-bond acceptors (Lipinski definition) is 5. The van der Waals surface area contributed by atoms with Gasteiger partial charge in [0.15, 0.2) is 11.6 Å². The number of hydrogen-bond donors (Lipinski definition) is 0. The van der Waals surface area contributed by atoms with Gasteiger partial charge in [-0.05, 0) is 18.2 Å². The fourth-order valence-electron chi connectivity index (χ4n) is 6.26. The Hall–Kier alpha value is -6.21. The summed E-state index contributed by atoms with van der Waals surface area (Å²) in [6, 6.07) is 43.4. The number of aromatic nitrogens is 7. The summed E-state index contributed by atoms with van der Waals surface area (Å²) in [6.07, 6.45) is 3.69. The summed E-state index contributed by atoms with van der Waals surface area (Å²) in [4.78, 5) is 15.2. The number of fused-ring (bicyclic) bond motifs is 7. The van der Waals surface area contributed by atoms with Crippen molar-refractivity contribution in [2.24, 2.45) is 0 Å². The third kappa shape index (κ3) is 3.66. The molecule has 0 N–H and O–H groups in total. The first-order chi connectivity index (χ1) is 21.8.